The van der Waals surface area contributed by atoms with Gasteiger partial charge in [-0.25, -0.2) is 18.7 Å². The second-order valence-corrected chi connectivity index (χ2v) is 8.92. The van der Waals surface area contributed by atoms with Crippen LogP contribution in [0.1, 0.15) is 42.5 Å². The van der Waals surface area contributed by atoms with Crippen LogP contribution in [0.3, 0.4) is 0 Å². The predicted octanol–water partition coefficient (Wildman–Crippen LogP) is 4.80. The summed E-state index contributed by atoms with van der Waals surface area (Å²) in [6.45, 7) is 0.927. The lowest BCUT2D eigenvalue weighted by Gasteiger charge is -2.41. The van der Waals surface area contributed by atoms with Crippen molar-refractivity contribution < 1.29 is 36.2 Å². The average molecular weight is 540 g/mol. The van der Waals surface area contributed by atoms with Crippen LogP contribution < -0.4 is 10.1 Å². The Bertz CT molecular complexity index is 1330. The van der Waals surface area contributed by atoms with E-state index in [1.807, 2.05) is 0 Å². The lowest BCUT2D eigenvalue weighted by molar-refractivity contribution is -0.140. The smallest absolute Gasteiger partial charge is 0.419 e. The number of aromatic nitrogens is 3. The predicted molar refractivity (Wildman–Crippen MR) is 128 cm³/mol. The van der Waals surface area contributed by atoms with Crippen molar-refractivity contribution in [2.75, 3.05) is 39.3 Å². The summed E-state index contributed by atoms with van der Waals surface area (Å²) >= 11 is 0. The van der Waals surface area contributed by atoms with Gasteiger partial charge in [0.1, 0.15) is 23.6 Å². The first-order valence-corrected chi connectivity index (χ1v) is 11.8. The molecule has 0 spiro atoms. The molecule has 0 aliphatic carbocycles. The molecule has 1 N–H and O–H groups in total. The minimum atomic E-state index is -4.84. The molecule has 38 heavy (non-hydrogen) atoms. The SMILES string of the molecule is COc1nc2ncnc(N[C@H](C)c3cccc(C(F)(F)F)c3F)c2cc1C1(OC)CCN(C(=O)CF)CC1. The van der Waals surface area contributed by atoms with Crippen LogP contribution in [0.4, 0.5) is 27.8 Å². The molecule has 1 amide bonds. The maximum absolute atomic E-state index is 14.8. The summed E-state index contributed by atoms with van der Waals surface area (Å²) in [4.78, 5) is 26.1. The molecule has 0 saturated carbocycles. The number of hydrogen-bond acceptors (Lipinski definition) is 7. The molecule has 1 aliphatic rings. The van der Waals surface area contributed by atoms with Crippen molar-refractivity contribution in [2.24, 2.45) is 0 Å². The summed E-state index contributed by atoms with van der Waals surface area (Å²) in [6, 6.07) is 3.90. The third-order valence-corrected chi connectivity index (χ3v) is 6.86. The van der Waals surface area contributed by atoms with E-state index in [9.17, 15) is 26.7 Å². The summed E-state index contributed by atoms with van der Waals surface area (Å²) in [6.07, 6.45) is -2.95. The molecule has 0 bridgehead atoms. The maximum atomic E-state index is 14.8. The summed E-state index contributed by atoms with van der Waals surface area (Å²) in [5, 5.41) is 3.38. The zero-order valence-corrected chi connectivity index (χ0v) is 20.9. The van der Waals surface area contributed by atoms with E-state index in [4.69, 9.17) is 9.47 Å². The van der Waals surface area contributed by atoms with Gasteiger partial charge in [-0.05, 0) is 31.9 Å². The summed E-state index contributed by atoms with van der Waals surface area (Å²) in [7, 11) is 2.94. The molecule has 8 nitrogen and oxygen atoms in total. The van der Waals surface area contributed by atoms with Crippen molar-refractivity contribution in [3.63, 3.8) is 0 Å². The number of halogens is 5. The number of amides is 1. The van der Waals surface area contributed by atoms with E-state index in [2.05, 4.69) is 20.3 Å². The second-order valence-electron chi connectivity index (χ2n) is 8.92. The first kappa shape index (κ1) is 27.4. The Labute approximate surface area is 215 Å². The number of nitrogens with zero attached hydrogens (tertiary/aromatic N) is 4. The van der Waals surface area contributed by atoms with Crippen LogP contribution in [0, 0.1) is 5.82 Å². The fourth-order valence-electron chi connectivity index (χ4n) is 4.74. The number of carbonyl (C=O) groups excluding carboxylic acids is 1. The molecule has 1 fully saturated rings. The number of likely N-dealkylation sites (tertiary alicyclic amines) is 1. The van der Waals surface area contributed by atoms with Crippen LogP contribution in [0.2, 0.25) is 0 Å². The number of methoxy groups -OCH3 is 2. The topological polar surface area (TPSA) is 89.5 Å². The van der Waals surface area contributed by atoms with Crippen molar-refractivity contribution in [1.82, 2.24) is 19.9 Å². The number of nitrogens with one attached hydrogen (secondary N) is 1. The fourth-order valence-corrected chi connectivity index (χ4v) is 4.74. The quantitative estimate of drug-likeness (QED) is 0.432. The molecule has 1 aliphatic heterocycles. The lowest BCUT2D eigenvalue weighted by atomic mass is 9.84. The number of alkyl halides is 4. The van der Waals surface area contributed by atoms with Gasteiger partial charge in [0.2, 0.25) is 5.88 Å². The van der Waals surface area contributed by atoms with Crippen molar-refractivity contribution in [1.29, 1.82) is 0 Å². The highest BCUT2D eigenvalue weighted by atomic mass is 19.4. The van der Waals surface area contributed by atoms with Gasteiger partial charge >= 0.3 is 6.18 Å². The Balaban J connectivity index is 1.73. The van der Waals surface area contributed by atoms with Crippen LogP contribution in [0.15, 0.2) is 30.6 Å². The van der Waals surface area contributed by atoms with E-state index in [1.54, 1.807) is 6.07 Å². The Morgan fingerprint density at radius 2 is 1.92 bits per heavy atom. The fraction of sp³-hybridized carbons (Fsp3) is 0.440. The highest BCUT2D eigenvalue weighted by molar-refractivity contribution is 5.87. The van der Waals surface area contributed by atoms with E-state index >= 15 is 0 Å². The molecule has 3 aromatic rings. The maximum Gasteiger partial charge on any atom is 0.419 e. The highest BCUT2D eigenvalue weighted by Gasteiger charge is 2.41. The van der Waals surface area contributed by atoms with Gasteiger partial charge in [-0.3, -0.25) is 4.79 Å². The van der Waals surface area contributed by atoms with Crippen LogP contribution in [0.5, 0.6) is 5.88 Å². The Kier molecular flexibility index (Phi) is 7.68. The minimum Gasteiger partial charge on any atom is -0.481 e. The van der Waals surface area contributed by atoms with Crippen molar-refractivity contribution in [2.45, 2.75) is 37.6 Å². The molecule has 4 rings (SSSR count). The van der Waals surface area contributed by atoms with Crippen LogP contribution >= 0.6 is 0 Å². The van der Waals surface area contributed by atoms with E-state index in [0.717, 1.165) is 6.07 Å². The first-order chi connectivity index (χ1) is 18.0. The molecule has 13 heteroatoms. The normalized spacial score (nSPS) is 16.4. The van der Waals surface area contributed by atoms with E-state index in [1.165, 1.54) is 38.4 Å². The van der Waals surface area contributed by atoms with Crippen molar-refractivity contribution in [3.8, 4) is 5.88 Å². The molecule has 0 radical (unpaired) electrons. The standard InChI is InChI=1S/C25H26F5N5O3/c1-14(15-5-4-6-17(20(15)27)25(28,29)30)33-21-16-11-18(23(37-2)34-22(16)32-13-31-21)24(38-3)7-9-35(10-8-24)19(36)12-26/h4-6,11,13-14H,7-10,12H2,1-3H3,(H,31,32,33,34)/t14-/m1/s1. The number of hydrogen-bond donors (Lipinski definition) is 1. The third kappa shape index (κ3) is 5.06. The van der Waals surface area contributed by atoms with Gasteiger partial charge in [-0.1, -0.05) is 12.1 Å². The molecule has 204 valence electrons. The zero-order valence-electron chi connectivity index (χ0n) is 20.9. The van der Waals surface area contributed by atoms with Gasteiger partial charge in [0.15, 0.2) is 12.3 Å². The number of piperidine rings is 1. The third-order valence-electron chi connectivity index (χ3n) is 6.86. The zero-order chi connectivity index (χ0) is 27.7. The number of pyridine rings is 1. The second kappa shape index (κ2) is 10.6. The van der Waals surface area contributed by atoms with Gasteiger partial charge in [-0.2, -0.15) is 18.2 Å². The molecule has 1 aromatic carbocycles. The number of anilines is 1. The first-order valence-electron chi connectivity index (χ1n) is 11.8. The largest absolute Gasteiger partial charge is 0.481 e. The van der Waals surface area contributed by atoms with Gasteiger partial charge in [0.05, 0.1) is 24.1 Å². The lowest BCUT2D eigenvalue weighted by Crippen LogP contribution is -2.46. The van der Waals surface area contributed by atoms with Crippen molar-refractivity contribution in [3.05, 3.63) is 53.1 Å². The Morgan fingerprint density at radius 3 is 2.53 bits per heavy atom. The van der Waals surface area contributed by atoms with Gasteiger partial charge in [-0.15, -0.1) is 0 Å². The average Bonchev–Trinajstić information content (AvgIpc) is 2.91. The molecule has 2 aromatic heterocycles. The van der Waals surface area contributed by atoms with Crippen LogP contribution in [-0.2, 0) is 21.3 Å². The van der Waals surface area contributed by atoms with Gasteiger partial charge in [0, 0.05) is 31.3 Å². The number of rotatable bonds is 7. The number of carbonyl (C=O) groups is 1. The van der Waals surface area contributed by atoms with Crippen LogP contribution in [-0.4, -0.2) is 59.7 Å². The molecular weight excluding hydrogens is 513 g/mol. The monoisotopic (exact) mass is 539 g/mol. The molecule has 3 heterocycles. The van der Waals surface area contributed by atoms with E-state index < -0.39 is 41.8 Å². The summed E-state index contributed by atoms with van der Waals surface area (Å²) < 4.78 is 78.7. The molecule has 1 atom stereocenters. The Morgan fingerprint density at radius 1 is 1.21 bits per heavy atom. The summed E-state index contributed by atoms with van der Waals surface area (Å²) in [5.74, 6) is -1.53. The number of benzene rings is 1. The minimum absolute atomic E-state index is 0.188. The number of fused-ring (bicyclic) bond motifs is 1. The van der Waals surface area contributed by atoms with Crippen molar-refractivity contribution >= 4 is 22.8 Å². The van der Waals surface area contributed by atoms with Gasteiger partial charge < -0.3 is 19.7 Å². The number of ether oxygens (including phenoxy) is 2. The van der Waals surface area contributed by atoms with E-state index in [0.29, 0.717) is 29.9 Å². The van der Waals surface area contributed by atoms with Gasteiger partial charge in [0.25, 0.3) is 5.91 Å². The summed E-state index contributed by atoms with van der Waals surface area (Å²) in [5.41, 5.74) is -1.70. The Hall–Kier alpha value is -3.61. The highest BCUT2D eigenvalue weighted by Crippen LogP contribution is 2.42. The molecule has 0 unspecified atom stereocenters. The van der Waals surface area contributed by atoms with Crippen LogP contribution in [0.25, 0.3) is 11.0 Å². The molecular formula is C25H26F5N5O3. The van der Waals surface area contributed by atoms with E-state index in [-0.39, 0.29) is 36.0 Å². The molecule has 1 saturated heterocycles.